The summed E-state index contributed by atoms with van der Waals surface area (Å²) in [7, 11) is 3.67. The van der Waals surface area contributed by atoms with Gasteiger partial charge in [-0.3, -0.25) is 4.98 Å². The molecule has 0 saturated carbocycles. The van der Waals surface area contributed by atoms with Crippen molar-refractivity contribution in [2.24, 2.45) is 0 Å². The highest BCUT2D eigenvalue weighted by molar-refractivity contribution is 5.45. The van der Waals surface area contributed by atoms with E-state index in [-0.39, 0.29) is 6.04 Å². The summed E-state index contributed by atoms with van der Waals surface area (Å²) in [5.41, 5.74) is 5.85. The van der Waals surface area contributed by atoms with Gasteiger partial charge in [0, 0.05) is 6.20 Å². The number of hydrogen-bond donors (Lipinski definition) is 1. The van der Waals surface area contributed by atoms with Crippen LogP contribution in [0.2, 0.25) is 0 Å². The van der Waals surface area contributed by atoms with Crippen LogP contribution < -0.4 is 10.1 Å². The molecule has 0 spiro atoms. The van der Waals surface area contributed by atoms with E-state index >= 15 is 0 Å². The van der Waals surface area contributed by atoms with Crippen molar-refractivity contribution in [3.8, 4) is 5.75 Å². The van der Waals surface area contributed by atoms with Crippen molar-refractivity contribution in [1.82, 2.24) is 10.3 Å². The van der Waals surface area contributed by atoms with E-state index in [1.807, 2.05) is 19.3 Å². The Balaban J connectivity index is 2.49. The molecular weight excluding hydrogens is 248 g/mol. The van der Waals surface area contributed by atoms with Crippen molar-refractivity contribution in [3.63, 3.8) is 0 Å². The Kier molecular flexibility index (Phi) is 4.40. The molecule has 0 bridgehead atoms. The van der Waals surface area contributed by atoms with Crippen molar-refractivity contribution in [2.45, 2.75) is 26.8 Å². The first-order valence-electron chi connectivity index (χ1n) is 6.81. The first kappa shape index (κ1) is 14.5. The normalized spacial score (nSPS) is 12.2. The van der Waals surface area contributed by atoms with E-state index in [1.165, 1.54) is 16.7 Å². The number of methoxy groups -OCH3 is 1. The van der Waals surface area contributed by atoms with Crippen LogP contribution in [0, 0.1) is 20.8 Å². The fourth-order valence-electron chi connectivity index (χ4n) is 2.52. The van der Waals surface area contributed by atoms with Crippen LogP contribution in [0.5, 0.6) is 5.75 Å². The highest BCUT2D eigenvalue weighted by Gasteiger charge is 2.17. The summed E-state index contributed by atoms with van der Waals surface area (Å²) in [5, 5.41) is 3.36. The summed E-state index contributed by atoms with van der Waals surface area (Å²) < 4.78 is 5.38. The highest BCUT2D eigenvalue weighted by Crippen LogP contribution is 2.29. The molecule has 2 aromatic rings. The van der Waals surface area contributed by atoms with Gasteiger partial charge in [-0.25, -0.2) is 0 Å². The molecular formula is C17H22N2O. The molecule has 0 aliphatic rings. The second kappa shape index (κ2) is 6.06. The molecule has 1 unspecified atom stereocenters. The van der Waals surface area contributed by atoms with E-state index in [1.54, 1.807) is 7.11 Å². The molecule has 3 heteroatoms. The topological polar surface area (TPSA) is 34.2 Å². The van der Waals surface area contributed by atoms with Crippen LogP contribution >= 0.6 is 0 Å². The van der Waals surface area contributed by atoms with E-state index in [0.717, 1.165) is 17.0 Å². The van der Waals surface area contributed by atoms with Crippen molar-refractivity contribution >= 4 is 0 Å². The van der Waals surface area contributed by atoms with Crippen LogP contribution in [0.25, 0.3) is 0 Å². The standard InChI is InChI=1S/C17H22N2O/c1-11-6-7-19-15(8-11)17(18-4)14-9-13(3)16(20-5)10-12(14)2/h6-10,17-18H,1-5H3. The lowest BCUT2D eigenvalue weighted by Crippen LogP contribution is -2.20. The third kappa shape index (κ3) is 2.83. The Morgan fingerprint density at radius 3 is 2.45 bits per heavy atom. The van der Waals surface area contributed by atoms with Gasteiger partial charge in [0.05, 0.1) is 18.8 Å². The lowest BCUT2D eigenvalue weighted by molar-refractivity contribution is 0.411. The van der Waals surface area contributed by atoms with Gasteiger partial charge in [0.15, 0.2) is 0 Å². The third-order valence-corrected chi connectivity index (χ3v) is 3.62. The van der Waals surface area contributed by atoms with Gasteiger partial charge in [-0.1, -0.05) is 6.07 Å². The molecule has 0 radical (unpaired) electrons. The summed E-state index contributed by atoms with van der Waals surface area (Å²) in [6.07, 6.45) is 1.86. The smallest absolute Gasteiger partial charge is 0.122 e. The number of aryl methyl sites for hydroxylation is 3. The Labute approximate surface area is 121 Å². The fraction of sp³-hybridized carbons (Fsp3) is 0.353. The Bertz CT molecular complexity index is 608. The summed E-state index contributed by atoms with van der Waals surface area (Å²) in [5.74, 6) is 0.929. The average Bonchev–Trinajstić information content (AvgIpc) is 2.43. The fourth-order valence-corrected chi connectivity index (χ4v) is 2.52. The molecule has 106 valence electrons. The van der Waals surface area contributed by atoms with Gasteiger partial charge in [0.25, 0.3) is 0 Å². The molecule has 0 aliphatic carbocycles. The van der Waals surface area contributed by atoms with E-state index in [0.29, 0.717) is 0 Å². The number of aromatic nitrogens is 1. The zero-order valence-electron chi connectivity index (χ0n) is 12.8. The minimum absolute atomic E-state index is 0.0968. The second-order valence-corrected chi connectivity index (χ2v) is 5.16. The van der Waals surface area contributed by atoms with Crippen molar-refractivity contribution < 1.29 is 4.74 Å². The predicted molar refractivity (Wildman–Crippen MR) is 82.3 cm³/mol. The van der Waals surface area contributed by atoms with Crippen LogP contribution in [0.3, 0.4) is 0 Å². The minimum Gasteiger partial charge on any atom is -0.496 e. The minimum atomic E-state index is 0.0968. The summed E-state index contributed by atoms with van der Waals surface area (Å²) in [6, 6.07) is 8.51. The average molecular weight is 270 g/mol. The van der Waals surface area contributed by atoms with Gasteiger partial charge in [0.1, 0.15) is 5.75 Å². The van der Waals surface area contributed by atoms with Gasteiger partial charge in [-0.05, 0) is 68.3 Å². The quantitative estimate of drug-likeness (QED) is 0.925. The lowest BCUT2D eigenvalue weighted by atomic mass is 9.95. The molecule has 20 heavy (non-hydrogen) atoms. The van der Waals surface area contributed by atoms with Crippen LogP contribution in [-0.2, 0) is 0 Å². The predicted octanol–water partition coefficient (Wildman–Crippen LogP) is 3.32. The van der Waals surface area contributed by atoms with Gasteiger partial charge < -0.3 is 10.1 Å². The monoisotopic (exact) mass is 270 g/mol. The molecule has 3 nitrogen and oxygen atoms in total. The number of hydrogen-bond acceptors (Lipinski definition) is 3. The first-order valence-corrected chi connectivity index (χ1v) is 6.81. The SMILES string of the molecule is CNC(c1cc(C)ccn1)c1cc(C)c(OC)cc1C. The molecule has 0 fully saturated rings. The van der Waals surface area contributed by atoms with E-state index in [2.05, 4.69) is 49.3 Å². The summed E-state index contributed by atoms with van der Waals surface area (Å²) >= 11 is 0. The Morgan fingerprint density at radius 2 is 1.85 bits per heavy atom. The molecule has 1 heterocycles. The van der Waals surface area contributed by atoms with Crippen LogP contribution in [-0.4, -0.2) is 19.1 Å². The maximum Gasteiger partial charge on any atom is 0.122 e. The van der Waals surface area contributed by atoms with Gasteiger partial charge in [-0.2, -0.15) is 0 Å². The molecule has 1 aromatic carbocycles. The molecule has 0 saturated heterocycles. The van der Waals surface area contributed by atoms with Crippen LogP contribution in [0.15, 0.2) is 30.5 Å². The van der Waals surface area contributed by atoms with Crippen LogP contribution in [0.1, 0.15) is 34.0 Å². The van der Waals surface area contributed by atoms with E-state index < -0.39 is 0 Å². The van der Waals surface area contributed by atoms with E-state index in [9.17, 15) is 0 Å². The molecule has 2 rings (SSSR count). The summed E-state index contributed by atoms with van der Waals surface area (Å²) in [6.45, 7) is 6.26. The Morgan fingerprint density at radius 1 is 1.10 bits per heavy atom. The first-order chi connectivity index (χ1) is 9.56. The second-order valence-electron chi connectivity index (χ2n) is 5.16. The van der Waals surface area contributed by atoms with Gasteiger partial charge >= 0.3 is 0 Å². The third-order valence-electron chi connectivity index (χ3n) is 3.62. The number of ether oxygens (including phenoxy) is 1. The van der Waals surface area contributed by atoms with Crippen molar-refractivity contribution in [3.05, 3.63) is 58.4 Å². The van der Waals surface area contributed by atoms with Gasteiger partial charge in [-0.15, -0.1) is 0 Å². The maximum absolute atomic E-state index is 5.38. The summed E-state index contributed by atoms with van der Waals surface area (Å²) in [4.78, 5) is 4.51. The zero-order chi connectivity index (χ0) is 14.7. The van der Waals surface area contributed by atoms with Crippen LogP contribution in [0.4, 0.5) is 0 Å². The molecule has 0 amide bonds. The lowest BCUT2D eigenvalue weighted by Gasteiger charge is -2.20. The number of rotatable bonds is 4. The maximum atomic E-state index is 5.38. The van der Waals surface area contributed by atoms with Crippen molar-refractivity contribution in [2.75, 3.05) is 14.2 Å². The number of nitrogens with zero attached hydrogens (tertiary/aromatic N) is 1. The largest absolute Gasteiger partial charge is 0.496 e. The number of benzene rings is 1. The molecule has 1 aromatic heterocycles. The highest BCUT2D eigenvalue weighted by atomic mass is 16.5. The number of nitrogens with one attached hydrogen (secondary N) is 1. The number of pyridine rings is 1. The van der Waals surface area contributed by atoms with Gasteiger partial charge in [0.2, 0.25) is 0 Å². The zero-order valence-corrected chi connectivity index (χ0v) is 12.8. The molecule has 1 N–H and O–H groups in total. The Hall–Kier alpha value is -1.87. The van der Waals surface area contributed by atoms with E-state index in [4.69, 9.17) is 4.74 Å². The van der Waals surface area contributed by atoms with Crippen molar-refractivity contribution in [1.29, 1.82) is 0 Å². The molecule has 0 aliphatic heterocycles. The molecule has 1 atom stereocenters.